The van der Waals surface area contributed by atoms with Crippen molar-refractivity contribution in [1.82, 2.24) is 14.9 Å². The summed E-state index contributed by atoms with van der Waals surface area (Å²) in [6.07, 6.45) is 4.96. The van der Waals surface area contributed by atoms with Crippen LogP contribution in [0.4, 0.5) is 0 Å². The number of benzene rings is 2. The standard InChI is InChI=1S/C25H24ClN3O/c1-29-17-23(21-10-2-3-11-24(21)29)22(18-7-6-8-19(26)15-18)16-25(30)28-14-12-20-9-4-5-13-27-20/h2-11,13,15,17,22H,12,14,16H2,1H3,(H,28,30). The number of hydrogen-bond donors (Lipinski definition) is 1. The summed E-state index contributed by atoms with van der Waals surface area (Å²) in [7, 11) is 2.04. The molecular weight excluding hydrogens is 394 g/mol. The fraction of sp³-hybridized carbons (Fsp3) is 0.200. The highest BCUT2D eigenvalue weighted by Gasteiger charge is 2.22. The van der Waals surface area contributed by atoms with E-state index in [0.717, 1.165) is 27.7 Å². The highest BCUT2D eigenvalue weighted by molar-refractivity contribution is 6.30. The maximum absolute atomic E-state index is 12.8. The number of nitrogens with one attached hydrogen (secondary N) is 1. The molecule has 1 unspecified atom stereocenters. The SMILES string of the molecule is Cn1cc(C(CC(=O)NCCc2ccccn2)c2cccc(Cl)c2)c2ccccc21. The molecule has 1 amide bonds. The molecule has 0 saturated carbocycles. The van der Waals surface area contributed by atoms with E-state index in [0.29, 0.717) is 24.4 Å². The van der Waals surface area contributed by atoms with E-state index in [2.05, 4.69) is 33.2 Å². The average Bonchev–Trinajstić information content (AvgIpc) is 3.09. The second-order valence-corrected chi connectivity index (χ2v) is 7.88. The fourth-order valence-corrected chi connectivity index (χ4v) is 4.11. The first-order valence-electron chi connectivity index (χ1n) is 10.1. The van der Waals surface area contributed by atoms with Gasteiger partial charge < -0.3 is 9.88 Å². The van der Waals surface area contributed by atoms with Crippen LogP contribution in [0.2, 0.25) is 5.02 Å². The fourth-order valence-electron chi connectivity index (χ4n) is 3.91. The highest BCUT2D eigenvalue weighted by Crippen LogP contribution is 2.35. The normalized spacial score (nSPS) is 12.1. The van der Waals surface area contributed by atoms with Gasteiger partial charge in [0.15, 0.2) is 0 Å². The molecule has 1 N–H and O–H groups in total. The number of carbonyl (C=O) groups is 1. The molecule has 4 aromatic rings. The number of fused-ring (bicyclic) bond motifs is 1. The summed E-state index contributed by atoms with van der Waals surface area (Å²) in [4.78, 5) is 17.2. The molecular formula is C25H24ClN3O. The zero-order valence-corrected chi connectivity index (χ0v) is 17.6. The number of aryl methyl sites for hydroxylation is 1. The van der Waals surface area contributed by atoms with Crippen LogP contribution in [0, 0.1) is 0 Å². The predicted molar refractivity (Wildman–Crippen MR) is 122 cm³/mol. The van der Waals surface area contributed by atoms with Crippen LogP contribution in [0.5, 0.6) is 0 Å². The smallest absolute Gasteiger partial charge is 0.220 e. The zero-order valence-electron chi connectivity index (χ0n) is 16.9. The van der Waals surface area contributed by atoms with Gasteiger partial charge in [0.1, 0.15) is 0 Å². The molecule has 5 heteroatoms. The lowest BCUT2D eigenvalue weighted by atomic mass is 9.88. The number of aromatic nitrogens is 2. The van der Waals surface area contributed by atoms with Crippen molar-refractivity contribution in [1.29, 1.82) is 0 Å². The molecule has 0 fully saturated rings. The molecule has 4 nitrogen and oxygen atoms in total. The number of halogens is 1. The van der Waals surface area contributed by atoms with Gasteiger partial charge in [-0.15, -0.1) is 0 Å². The molecule has 2 aromatic heterocycles. The van der Waals surface area contributed by atoms with Gasteiger partial charge in [-0.3, -0.25) is 9.78 Å². The van der Waals surface area contributed by atoms with Crippen molar-refractivity contribution in [2.75, 3.05) is 6.54 Å². The minimum Gasteiger partial charge on any atom is -0.356 e. The van der Waals surface area contributed by atoms with Crippen molar-refractivity contribution in [3.05, 3.63) is 101 Å². The van der Waals surface area contributed by atoms with E-state index in [9.17, 15) is 4.79 Å². The number of pyridine rings is 1. The van der Waals surface area contributed by atoms with Crippen LogP contribution in [-0.2, 0) is 18.3 Å². The van der Waals surface area contributed by atoms with Gasteiger partial charge in [0.2, 0.25) is 5.91 Å². The Bertz CT molecular complexity index is 1150. The topological polar surface area (TPSA) is 46.9 Å². The molecule has 30 heavy (non-hydrogen) atoms. The summed E-state index contributed by atoms with van der Waals surface area (Å²) in [5, 5.41) is 4.88. The molecule has 0 spiro atoms. The third kappa shape index (κ3) is 4.55. The van der Waals surface area contributed by atoms with Crippen LogP contribution in [0.15, 0.2) is 79.1 Å². The lowest BCUT2D eigenvalue weighted by Gasteiger charge is -2.17. The predicted octanol–water partition coefficient (Wildman–Crippen LogP) is 5.11. The first-order valence-corrected chi connectivity index (χ1v) is 10.5. The molecule has 0 saturated heterocycles. The molecule has 1 atom stereocenters. The van der Waals surface area contributed by atoms with Gasteiger partial charge in [0, 0.05) is 66.4 Å². The van der Waals surface area contributed by atoms with Gasteiger partial charge in [-0.25, -0.2) is 0 Å². The molecule has 2 aromatic carbocycles. The Labute approximate surface area is 181 Å². The minimum absolute atomic E-state index is 0.0174. The van der Waals surface area contributed by atoms with Crippen molar-refractivity contribution >= 4 is 28.4 Å². The second-order valence-electron chi connectivity index (χ2n) is 7.45. The van der Waals surface area contributed by atoms with Crippen LogP contribution in [-0.4, -0.2) is 22.0 Å². The van der Waals surface area contributed by atoms with Gasteiger partial charge >= 0.3 is 0 Å². The molecule has 4 rings (SSSR count). The van der Waals surface area contributed by atoms with E-state index in [-0.39, 0.29) is 11.8 Å². The summed E-state index contributed by atoms with van der Waals surface area (Å²) in [5.41, 5.74) is 4.29. The van der Waals surface area contributed by atoms with Gasteiger partial charge in [-0.1, -0.05) is 48.0 Å². The molecule has 0 radical (unpaired) electrons. The van der Waals surface area contributed by atoms with Gasteiger partial charge in [-0.05, 0) is 41.5 Å². The molecule has 0 aliphatic rings. The summed E-state index contributed by atoms with van der Waals surface area (Å²) in [6.45, 7) is 0.563. The maximum Gasteiger partial charge on any atom is 0.220 e. The van der Waals surface area contributed by atoms with Crippen molar-refractivity contribution in [2.24, 2.45) is 7.05 Å². The van der Waals surface area contributed by atoms with Crippen LogP contribution in [0.3, 0.4) is 0 Å². The summed E-state index contributed by atoms with van der Waals surface area (Å²) < 4.78 is 2.11. The van der Waals surface area contributed by atoms with E-state index in [4.69, 9.17) is 11.6 Å². The molecule has 2 heterocycles. The first kappa shape index (κ1) is 20.2. The van der Waals surface area contributed by atoms with Crippen molar-refractivity contribution in [3.63, 3.8) is 0 Å². The van der Waals surface area contributed by atoms with Gasteiger partial charge in [0.05, 0.1) is 0 Å². The minimum atomic E-state index is -0.0790. The Balaban J connectivity index is 1.57. The largest absolute Gasteiger partial charge is 0.356 e. The van der Waals surface area contributed by atoms with Crippen molar-refractivity contribution in [3.8, 4) is 0 Å². The molecule has 152 valence electrons. The van der Waals surface area contributed by atoms with Crippen LogP contribution in [0.25, 0.3) is 10.9 Å². The number of amides is 1. The van der Waals surface area contributed by atoms with Crippen molar-refractivity contribution in [2.45, 2.75) is 18.8 Å². The molecule has 0 aliphatic heterocycles. The van der Waals surface area contributed by atoms with Crippen LogP contribution >= 0.6 is 11.6 Å². The zero-order chi connectivity index (χ0) is 20.9. The number of carbonyl (C=O) groups excluding carboxylic acids is 1. The Morgan fingerprint density at radius 1 is 1.10 bits per heavy atom. The van der Waals surface area contributed by atoms with Crippen molar-refractivity contribution < 1.29 is 4.79 Å². The van der Waals surface area contributed by atoms with E-state index in [1.54, 1.807) is 6.20 Å². The van der Waals surface area contributed by atoms with Gasteiger partial charge in [-0.2, -0.15) is 0 Å². The Morgan fingerprint density at radius 3 is 2.73 bits per heavy atom. The number of hydrogen-bond acceptors (Lipinski definition) is 2. The lowest BCUT2D eigenvalue weighted by Crippen LogP contribution is -2.27. The number of rotatable bonds is 7. The third-order valence-electron chi connectivity index (χ3n) is 5.37. The Hall–Kier alpha value is -3.11. The highest BCUT2D eigenvalue weighted by atomic mass is 35.5. The molecule has 0 aliphatic carbocycles. The van der Waals surface area contributed by atoms with Crippen LogP contribution < -0.4 is 5.32 Å². The summed E-state index contributed by atoms with van der Waals surface area (Å²) in [5.74, 6) is -0.0616. The number of nitrogens with zero attached hydrogens (tertiary/aromatic N) is 2. The Morgan fingerprint density at radius 2 is 1.93 bits per heavy atom. The molecule has 0 bridgehead atoms. The van der Waals surface area contributed by atoms with Gasteiger partial charge in [0.25, 0.3) is 0 Å². The monoisotopic (exact) mass is 417 g/mol. The third-order valence-corrected chi connectivity index (χ3v) is 5.61. The number of para-hydroxylation sites is 1. The quantitative estimate of drug-likeness (QED) is 0.454. The van der Waals surface area contributed by atoms with Crippen LogP contribution in [0.1, 0.15) is 29.2 Å². The van der Waals surface area contributed by atoms with E-state index >= 15 is 0 Å². The lowest BCUT2D eigenvalue weighted by molar-refractivity contribution is -0.121. The van der Waals surface area contributed by atoms with E-state index in [1.165, 1.54) is 0 Å². The summed E-state index contributed by atoms with van der Waals surface area (Å²) >= 11 is 6.28. The maximum atomic E-state index is 12.8. The Kier molecular flexibility index (Phi) is 6.15. The second kappa shape index (κ2) is 9.14. The van der Waals surface area contributed by atoms with E-state index < -0.39 is 0 Å². The van der Waals surface area contributed by atoms with E-state index in [1.807, 2.05) is 61.6 Å². The summed E-state index contributed by atoms with van der Waals surface area (Å²) in [6, 6.07) is 21.9. The first-order chi connectivity index (χ1) is 14.6. The average molecular weight is 418 g/mol.